The van der Waals surface area contributed by atoms with Gasteiger partial charge in [-0.1, -0.05) is 41.7 Å². The first kappa shape index (κ1) is 20.1. The number of hydrogen-bond donors (Lipinski definition) is 0. The maximum Gasteiger partial charge on any atom is 0.396 e. The van der Waals surface area contributed by atoms with Crippen molar-refractivity contribution in [2.24, 2.45) is 0 Å². The Bertz CT molecular complexity index is 1420. The van der Waals surface area contributed by atoms with Gasteiger partial charge in [-0.25, -0.2) is 13.2 Å². The van der Waals surface area contributed by atoms with E-state index in [1.807, 2.05) is 6.07 Å². The zero-order chi connectivity index (χ0) is 21.5. The molecule has 0 aliphatic rings. The average Bonchev–Trinajstić information content (AvgIpc) is 3.09. The van der Waals surface area contributed by atoms with Crippen LogP contribution in [0.25, 0.3) is 10.3 Å². The molecule has 4 rings (SSSR count). The number of sulfonamides is 1. The summed E-state index contributed by atoms with van der Waals surface area (Å²) in [6, 6.07) is 17.7. The Kier molecular flexibility index (Phi) is 5.05. The molecule has 6 nitrogen and oxygen atoms in total. The van der Waals surface area contributed by atoms with Crippen LogP contribution >= 0.6 is 11.3 Å². The number of carbonyl (C=O) groups is 1. The number of aryl methyl sites for hydroxylation is 2. The number of fused-ring (bicyclic) bond motifs is 1. The van der Waals surface area contributed by atoms with Crippen molar-refractivity contribution in [3.8, 4) is 0 Å². The molecule has 0 N–H and O–H groups in total. The number of nitrogens with zero attached hydrogens (tertiary/aromatic N) is 1. The molecular formula is C22H17NO5S2. The molecule has 1 heterocycles. The molecule has 1 aromatic heterocycles. The van der Waals surface area contributed by atoms with Gasteiger partial charge in [0.05, 0.1) is 15.3 Å². The van der Waals surface area contributed by atoms with Gasteiger partial charge in [0, 0.05) is 5.56 Å². The smallest absolute Gasteiger partial charge is 0.396 e. The molecule has 0 aliphatic heterocycles. The zero-order valence-electron chi connectivity index (χ0n) is 16.2. The van der Waals surface area contributed by atoms with Crippen LogP contribution in [0, 0.1) is 13.8 Å². The fourth-order valence-corrected chi connectivity index (χ4v) is 5.56. The second kappa shape index (κ2) is 7.55. The van der Waals surface area contributed by atoms with E-state index in [-0.39, 0.29) is 16.1 Å². The van der Waals surface area contributed by atoms with E-state index in [9.17, 15) is 18.0 Å². The lowest BCUT2D eigenvalue weighted by Gasteiger charge is -2.24. The molecule has 1 amide bonds. The summed E-state index contributed by atoms with van der Waals surface area (Å²) in [5.74, 6) is -0.688. The minimum absolute atomic E-state index is 0.0484. The topological polar surface area (TPSA) is 84.7 Å². The predicted molar refractivity (Wildman–Crippen MR) is 117 cm³/mol. The van der Waals surface area contributed by atoms with E-state index >= 15 is 0 Å². The Morgan fingerprint density at radius 2 is 1.70 bits per heavy atom. The Labute approximate surface area is 177 Å². The Morgan fingerprint density at radius 1 is 0.967 bits per heavy atom. The fourth-order valence-electron chi connectivity index (χ4n) is 3.13. The molecule has 0 saturated heterocycles. The first-order valence-electron chi connectivity index (χ1n) is 9.03. The molecule has 0 aliphatic carbocycles. The van der Waals surface area contributed by atoms with Gasteiger partial charge in [-0.05, 0) is 61.4 Å². The molecule has 4 aromatic rings. The number of amides is 1. The first-order chi connectivity index (χ1) is 14.3. The van der Waals surface area contributed by atoms with Crippen molar-refractivity contribution in [1.29, 1.82) is 0 Å². The van der Waals surface area contributed by atoms with E-state index < -0.39 is 20.9 Å². The molecule has 0 saturated carbocycles. The number of anilines is 1. The van der Waals surface area contributed by atoms with Gasteiger partial charge in [0.2, 0.25) is 0 Å². The normalized spacial score (nSPS) is 11.5. The highest BCUT2D eigenvalue weighted by molar-refractivity contribution is 7.93. The van der Waals surface area contributed by atoms with Gasteiger partial charge in [0.25, 0.3) is 15.9 Å². The van der Waals surface area contributed by atoms with Crippen molar-refractivity contribution in [3.05, 3.63) is 93.2 Å². The second-order valence-electron chi connectivity index (χ2n) is 6.79. The van der Waals surface area contributed by atoms with Crippen LogP contribution in [-0.4, -0.2) is 14.3 Å². The highest BCUT2D eigenvalue weighted by Crippen LogP contribution is 2.31. The molecule has 0 unspecified atom stereocenters. The Balaban J connectivity index is 1.96. The summed E-state index contributed by atoms with van der Waals surface area (Å²) in [4.78, 5) is 24.5. The number of rotatable bonds is 4. The summed E-state index contributed by atoms with van der Waals surface area (Å²) >= 11 is 0.848. The summed E-state index contributed by atoms with van der Waals surface area (Å²) in [6.45, 7) is 3.47. The Hall–Kier alpha value is -3.23. The lowest BCUT2D eigenvalue weighted by Crippen LogP contribution is -2.37. The highest BCUT2D eigenvalue weighted by atomic mass is 32.2. The van der Waals surface area contributed by atoms with Gasteiger partial charge in [0.15, 0.2) is 0 Å². The second-order valence-corrected chi connectivity index (χ2v) is 9.53. The molecule has 0 bridgehead atoms. The molecule has 0 fully saturated rings. The molecule has 0 atom stereocenters. The van der Waals surface area contributed by atoms with E-state index in [1.165, 1.54) is 18.2 Å². The molecule has 152 valence electrons. The van der Waals surface area contributed by atoms with Crippen molar-refractivity contribution < 1.29 is 17.6 Å². The summed E-state index contributed by atoms with van der Waals surface area (Å²) in [7, 11) is -4.24. The maximum absolute atomic E-state index is 13.7. The predicted octanol–water partition coefficient (Wildman–Crippen LogP) is 4.51. The summed E-state index contributed by atoms with van der Waals surface area (Å²) in [5, 5.41) is 0. The van der Waals surface area contributed by atoms with Gasteiger partial charge in [-0.15, -0.1) is 0 Å². The summed E-state index contributed by atoms with van der Waals surface area (Å²) < 4.78 is 33.7. The van der Waals surface area contributed by atoms with Crippen LogP contribution in [0.4, 0.5) is 5.69 Å². The van der Waals surface area contributed by atoms with E-state index in [0.717, 1.165) is 21.2 Å². The van der Waals surface area contributed by atoms with Gasteiger partial charge in [-0.3, -0.25) is 4.79 Å². The first-order valence-corrected chi connectivity index (χ1v) is 11.3. The van der Waals surface area contributed by atoms with Crippen LogP contribution in [0.3, 0.4) is 0 Å². The van der Waals surface area contributed by atoms with Crippen LogP contribution in [0.15, 0.2) is 80.8 Å². The van der Waals surface area contributed by atoms with Crippen LogP contribution in [0.5, 0.6) is 0 Å². The number of carbonyl (C=O) groups excluding carboxylic acids is 1. The molecule has 30 heavy (non-hydrogen) atoms. The van der Waals surface area contributed by atoms with Crippen LogP contribution in [0.1, 0.15) is 21.5 Å². The van der Waals surface area contributed by atoms with Crippen molar-refractivity contribution in [2.45, 2.75) is 18.7 Å². The molecule has 0 radical (unpaired) electrons. The largest absolute Gasteiger partial charge is 0.414 e. The van der Waals surface area contributed by atoms with Gasteiger partial charge < -0.3 is 4.42 Å². The summed E-state index contributed by atoms with van der Waals surface area (Å²) in [6.07, 6.45) is 0. The molecule has 0 spiro atoms. The molecule has 8 heteroatoms. The monoisotopic (exact) mass is 439 g/mol. The van der Waals surface area contributed by atoms with Crippen molar-refractivity contribution in [2.75, 3.05) is 4.31 Å². The lowest BCUT2D eigenvalue weighted by atomic mass is 10.2. The van der Waals surface area contributed by atoms with Crippen LogP contribution < -0.4 is 9.24 Å². The maximum atomic E-state index is 13.7. The van der Waals surface area contributed by atoms with E-state index in [0.29, 0.717) is 15.8 Å². The van der Waals surface area contributed by atoms with Crippen molar-refractivity contribution in [3.63, 3.8) is 0 Å². The zero-order valence-corrected chi connectivity index (χ0v) is 17.8. The molecular weight excluding hydrogens is 422 g/mol. The number of benzene rings is 3. The standard InChI is InChI=1S/C22H17NO5S2/c1-14-8-9-15(2)20(12-14)30(26,27)23(21(24)16-6-4-3-5-7-16)17-10-11-18-19(13-17)29-22(25)28-18/h3-13H,1-2H3. The fraction of sp³-hybridized carbons (Fsp3) is 0.0909. The summed E-state index contributed by atoms with van der Waals surface area (Å²) in [5.41, 5.74) is 1.99. The van der Waals surface area contributed by atoms with E-state index in [4.69, 9.17) is 4.42 Å². The SMILES string of the molecule is Cc1ccc(C)c(S(=O)(=O)N(C(=O)c2ccccc2)c2ccc3oc(=O)sc3c2)c1. The van der Waals surface area contributed by atoms with Gasteiger partial charge >= 0.3 is 4.94 Å². The average molecular weight is 440 g/mol. The quantitative estimate of drug-likeness (QED) is 0.467. The van der Waals surface area contributed by atoms with Crippen LogP contribution in [-0.2, 0) is 10.0 Å². The Morgan fingerprint density at radius 3 is 2.43 bits per heavy atom. The van der Waals surface area contributed by atoms with Crippen LogP contribution in [0.2, 0.25) is 0 Å². The molecule has 3 aromatic carbocycles. The van der Waals surface area contributed by atoms with Gasteiger partial charge in [0.1, 0.15) is 5.58 Å². The van der Waals surface area contributed by atoms with Crippen molar-refractivity contribution in [1.82, 2.24) is 0 Å². The van der Waals surface area contributed by atoms with Crippen molar-refractivity contribution >= 4 is 43.2 Å². The lowest BCUT2D eigenvalue weighted by molar-refractivity contribution is 0.101. The third-order valence-corrected chi connectivity index (χ3v) is 7.26. The minimum atomic E-state index is -4.24. The van der Waals surface area contributed by atoms with E-state index in [2.05, 4.69) is 0 Å². The minimum Gasteiger partial charge on any atom is -0.414 e. The highest BCUT2D eigenvalue weighted by Gasteiger charge is 2.33. The van der Waals surface area contributed by atoms with Gasteiger partial charge in [-0.2, -0.15) is 4.31 Å². The third-order valence-electron chi connectivity index (χ3n) is 4.62. The number of hydrogen-bond acceptors (Lipinski definition) is 6. The third kappa shape index (κ3) is 3.55. The van der Waals surface area contributed by atoms with E-state index in [1.54, 1.807) is 56.3 Å².